The normalized spacial score (nSPS) is 13.3. The van der Waals surface area contributed by atoms with E-state index in [-0.39, 0.29) is 11.1 Å². The molecule has 0 spiro atoms. The Morgan fingerprint density at radius 1 is 1.04 bits per heavy atom. The van der Waals surface area contributed by atoms with Crippen molar-refractivity contribution in [3.8, 4) is 18.2 Å². The molecule has 1 N–H and O–H groups in total. The van der Waals surface area contributed by atoms with E-state index in [4.69, 9.17) is 10.5 Å². The van der Waals surface area contributed by atoms with Crippen molar-refractivity contribution in [1.82, 2.24) is 0 Å². The van der Waals surface area contributed by atoms with Gasteiger partial charge in [-0.1, -0.05) is 0 Å². The molecule has 9 heteroatoms. The van der Waals surface area contributed by atoms with Gasteiger partial charge in [-0.25, -0.2) is 4.79 Å². The smallest absolute Gasteiger partial charge is 0.348 e. The van der Waals surface area contributed by atoms with Crippen molar-refractivity contribution in [3.63, 3.8) is 0 Å². The third-order valence-electron chi connectivity index (χ3n) is 2.85. The summed E-state index contributed by atoms with van der Waals surface area (Å²) in [5.41, 5.74) is -0.899. The molecule has 0 amide bonds. The Morgan fingerprint density at radius 2 is 1.68 bits per heavy atom. The zero-order valence-electron chi connectivity index (χ0n) is 13.8. The van der Waals surface area contributed by atoms with Crippen LogP contribution in [0.1, 0.15) is 6.42 Å². The standard InChI is InChI=1S/C16H15N3O6/c1-23-14(20)6-11(7-17)10(4-12(8-18)15(21)24-2)5-13(9-19)16(22)25-3/h4-5,11,21H,6H2,1-3H3/b10-4+,13-5+,15-12-. The number of carbonyl (C=O) groups excluding carboxylic acids is 2. The first-order chi connectivity index (χ1) is 11.9. The third-order valence-corrected chi connectivity index (χ3v) is 2.85. The van der Waals surface area contributed by atoms with Crippen LogP contribution in [-0.2, 0) is 23.8 Å². The minimum atomic E-state index is -1.16. The monoisotopic (exact) mass is 345 g/mol. The SMILES string of the molecule is COC(=O)CC(C#N)C(/C=C(\C#N)C(=O)OC)=C/C(C#N)=C(\O)OC. The number of nitrogens with zero attached hydrogens (tertiary/aromatic N) is 3. The number of carbonyl (C=O) groups is 2. The molecule has 0 aromatic heterocycles. The number of allylic oxidation sites excluding steroid dienone is 4. The average Bonchev–Trinajstić information content (AvgIpc) is 2.65. The van der Waals surface area contributed by atoms with Crippen LogP contribution in [0, 0.1) is 39.9 Å². The van der Waals surface area contributed by atoms with Gasteiger partial charge in [-0.2, -0.15) is 15.8 Å². The average molecular weight is 345 g/mol. The number of hydrogen-bond acceptors (Lipinski definition) is 9. The predicted octanol–water partition coefficient (Wildman–Crippen LogP) is 1.18. The zero-order valence-corrected chi connectivity index (χ0v) is 13.8. The summed E-state index contributed by atoms with van der Waals surface area (Å²) in [4.78, 5) is 23.0. The van der Waals surface area contributed by atoms with Gasteiger partial charge in [0.1, 0.15) is 23.3 Å². The van der Waals surface area contributed by atoms with Gasteiger partial charge in [0.25, 0.3) is 5.95 Å². The van der Waals surface area contributed by atoms with Crippen molar-refractivity contribution in [2.24, 2.45) is 5.92 Å². The van der Waals surface area contributed by atoms with Gasteiger partial charge in [-0.15, -0.1) is 0 Å². The van der Waals surface area contributed by atoms with E-state index in [0.29, 0.717) is 0 Å². The number of ether oxygens (including phenoxy) is 3. The molecule has 0 aliphatic heterocycles. The minimum Gasteiger partial charge on any atom is -0.480 e. The van der Waals surface area contributed by atoms with Crippen molar-refractivity contribution in [2.75, 3.05) is 21.3 Å². The molecular formula is C16H15N3O6. The molecule has 0 radical (unpaired) electrons. The largest absolute Gasteiger partial charge is 0.480 e. The van der Waals surface area contributed by atoms with Crippen LogP contribution < -0.4 is 0 Å². The van der Waals surface area contributed by atoms with Crippen molar-refractivity contribution < 1.29 is 28.9 Å². The fourth-order valence-corrected chi connectivity index (χ4v) is 1.56. The van der Waals surface area contributed by atoms with Gasteiger partial charge in [-0.05, 0) is 17.7 Å². The van der Waals surface area contributed by atoms with Gasteiger partial charge < -0.3 is 19.3 Å². The minimum absolute atomic E-state index is 0.0602. The van der Waals surface area contributed by atoms with Gasteiger partial charge in [0, 0.05) is 0 Å². The first kappa shape index (κ1) is 21.2. The summed E-state index contributed by atoms with van der Waals surface area (Å²) in [6, 6.07) is 5.04. The summed E-state index contributed by atoms with van der Waals surface area (Å²) in [6.07, 6.45) is 1.61. The molecule has 0 aromatic rings. The maximum atomic E-state index is 11.5. The molecule has 0 saturated carbocycles. The highest BCUT2D eigenvalue weighted by Gasteiger charge is 2.21. The van der Waals surface area contributed by atoms with Crippen LogP contribution in [0.15, 0.2) is 34.8 Å². The number of aliphatic hydroxyl groups is 1. The maximum absolute atomic E-state index is 11.5. The Kier molecular flexibility index (Phi) is 9.23. The van der Waals surface area contributed by atoms with Crippen LogP contribution in [0.2, 0.25) is 0 Å². The van der Waals surface area contributed by atoms with Gasteiger partial charge >= 0.3 is 11.9 Å². The lowest BCUT2D eigenvalue weighted by Crippen LogP contribution is -2.12. The Bertz CT molecular complexity index is 743. The molecule has 0 aliphatic carbocycles. The summed E-state index contributed by atoms with van der Waals surface area (Å²) >= 11 is 0. The van der Waals surface area contributed by atoms with Gasteiger partial charge in [-0.3, -0.25) is 4.79 Å². The van der Waals surface area contributed by atoms with E-state index in [9.17, 15) is 20.0 Å². The molecule has 0 aliphatic rings. The van der Waals surface area contributed by atoms with Gasteiger partial charge in [0.2, 0.25) is 0 Å². The van der Waals surface area contributed by atoms with Crippen LogP contribution in [0.5, 0.6) is 0 Å². The molecule has 0 fully saturated rings. The number of methoxy groups -OCH3 is 3. The Morgan fingerprint density at radius 3 is 2.08 bits per heavy atom. The van der Waals surface area contributed by atoms with Crippen LogP contribution in [0.25, 0.3) is 0 Å². The molecule has 0 bridgehead atoms. The first-order valence-corrected chi connectivity index (χ1v) is 6.63. The van der Waals surface area contributed by atoms with Crippen LogP contribution in [0.3, 0.4) is 0 Å². The second kappa shape index (κ2) is 10.9. The van der Waals surface area contributed by atoms with E-state index in [0.717, 1.165) is 33.5 Å². The van der Waals surface area contributed by atoms with Crippen molar-refractivity contribution in [3.05, 3.63) is 34.8 Å². The van der Waals surface area contributed by atoms with Gasteiger partial charge in [0.05, 0.1) is 39.7 Å². The summed E-state index contributed by atoms with van der Waals surface area (Å²) in [7, 11) is 3.30. The molecule has 25 heavy (non-hydrogen) atoms. The second-order valence-electron chi connectivity index (χ2n) is 4.30. The van der Waals surface area contributed by atoms with Crippen molar-refractivity contribution in [1.29, 1.82) is 15.8 Å². The summed E-state index contributed by atoms with van der Waals surface area (Å²) in [6.45, 7) is 0. The van der Waals surface area contributed by atoms with E-state index < -0.39 is 35.8 Å². The van der Waals surface area contributed by atoms with E-state index >= 15 is 0 Å². The molecule has 130 valence electrons. The molecule has 1 atom stereocenters. The van der Waals surface area contributed by atoms with E-state index in [1.807, 2.05) is 6.07 Å². The summed E-state index contributed by atoms with van der Waals surface area (Å²) in [5, 5.41) is 36.9. The lowest BCUT2D eigenvalue weighted by atomic mass is 9.93. The fraction of sp³-hybridized carbons (Fsp3) is 0.312. The lowest BCUT2D eigenvalue weighted by Gasteiger charge is -2.10. The highest BCUT2D eigenvalue weighted by Crippen LogP contribution is 2.21. The Hall–Kier alpha value is -3.77. The number of hydrogen-bond donors (Lipinski definition) is 1. The summed E-state index contributed by atoms with van der Waals surface area (Å²) in [5.74, 6) is -3.59. The summed E-state index contributed by atoms with van der Waals surface area (Å²) < 4.78 is 13.5. The van der Waals surface area contributed by atoms with E-state index in [1.54, 1.807) is 12.1 Å². The molecule has 0 aromatic carbocycles. The maximum Gasteiger partial charge on any atom is 0.348 e. The van der Waals surface area contributed by atoms with Crippen LogP contribution >= 0.6 is 0 Å². The lowest BCUT2D eigenvalue weighted by molar-refractivity contribution is -0.141. The van der Waals surface area contributed by atoms with Crippen LogP contribution in [-0.4, -0.2) is 38.4 Å². The molecule has 1 unspecified atom stereocenters. The Labute approximate surface area is 144 Å². The molecular weight excluding hydrogens is 330 g/mol. The molecule has 9 nitrogen and oxygen atoms in total. The fourth-order valence-electron chi connectivity index (χ4n) is 1.56. The molecule has 0 rings (SSSR count). The predicted molar refractivity (Wildman–Crippen MR) is 81.8 cm³/mol. The molecule has 0 saturated heterocycles. The van der Waals surface area contributed by atoms with Crippen molar-refractivity contribution >= 4 is 11.9 Å². The number of rotatable bonds is 7. The van der Waals surface area contributed by atoms with E-state index in [2.05, 4.69) is 14.2 Å². The Balaban J connectivity index is 6.34. The number of aliphatic hydroxyl groups excluding tert-OH is 1. The number of esters is 2. The highest BCUT2D eigenvalue weighted by molar-refractivity contribution is 5.93. The second-order valence-corrected chi connectivity index (χ2v) is 4.30. The van der Waals surface area contributed by atoms with Gasteiger partial charge in [0.15, 0.2) is 0 Å². The highest BCUT2D eigenvalue weighted by atomic mass is 16.6. The number of nitriles is 3. The van der Waals surface area contributed by atoms with E-state index in [1.165, 1.54) is 0 Å². The zero-order chi connectivity index (χ0) is 19.4. The third kappa shape index (κ3) is 6.47. The van der Waals surface area contributed by atoms with Crippen LogP contribution in [0.4, 0.5) is 0 Å². The quantitative estimate of drug-likeness (QED) is 0.235. The molecule has 0 heterocycles. The first-order valence-electron chi connectivity index (χ1n) is 6.63. The topological polar surface area (TPSA) is 153 Å². The van der Waals surface area contributed by atoms with Crippen molar-refractivity contribution in [2.45, 2.75) is 6.42 Å².